The summed E-state index contributed by atoms with van der Waals surface area (Å²) in [4.78, 5) is 17.6. The average molecular weight is 438 g/mol. The maximum atomic E-state index is 11.3. The Morgan fingerprint density at radius 3 is 2.84 bits per heavy atom. The van der Waals surface area contributed by atoms with Crippen LogP contribution in [0.15, 0.2) is 67.0 Å². The minimum Gasteiger partial charge on any atom is -0.385 e. The lowest BCUT2D eigenvalue weighted by Gasteiger charge is -2.29. The number of pyridine rings is 1. The molecule has 1 fully saturated rings. The van der Waals surface area contributed by atoms with Crippen LogP contribution in [-0.2, 0) is 4.74 Å². The molecule has 0 unspecified atom stereocenters. The quantitative estimate of drug-likeness (QED) is 0.248. The second-order valence-corrected chi connectivity index (χ2v) is 7.63. The monoisotopic (exact) mass is 437 g/mol. The molecule has 31 heavy (non-hydrogen) atoms. The third kappa shape index (κ3) is 4.28. The van der Waals surface area contributed by atoms with Crippen molar-refractivity contribution in [2.24, 2.45) is 0 Å². The van der Waals surface area contributed by atoms with Crippen molar-refractivity contribution in [1.82, 2.24) is 19.8 Å². The Morgan fingerprint density at radius 2 is 2.10 bits per heavy atom. The van der Waals surface area contributed by atoms with Crippen molar-refractivity contribution in [1.29, 1.82) is 0 Å². The van der Waals surface area contributed by atoms with Gasteiger partial charge in [-0.2, -0.15) is 0 Å². The number of nitro benzene ring substituents is 1. The lowest BCUT2D eigenvalue weighted by atomic mass is 10.0. The minimum absolute atomic E-state index is 0.0513. The number of nitrogens with zero attached hydrogens (tertiary/aromatic N) is 4. The van der Waals surface area contributed by atoms with E-state index in [1.807, 2.05) is 47.2 Å². The molecule has 3 aromatic rings. The number of thiocarbonyl (C=S) groups is 1. The van der Waals surface area contributed by atoms with E-state index in [1.54, 1.807) is 25.4 Å². The first-order valence-electron chi connectivity index (χ1n) is 9.99. The highest BCUT2D eigenvalue weighted by Gasteiger charge is 2.41. The van der Waals surface area contributed by atoms with Gasteiger partial charge in [-0.1, -0.05) is 12.1 Å². The van der Waals surface area contributed by atoms with Gasteiger partial charge >= 0.3 is 0 Å². The highest BCUT2D eigenvalue weighted by atomic mass is 32.1. The van der Waals surface area contributed by atoms with Gasteiger partial charge in [0.2, 0.25) is 0 Å². The number of non-ortho nitro benzene ring substituents is 1. The first kappa shape index (κ1) is 21.0. The van der Waals surface area contributed by atoms with Gasteiger partial charge in [-0.25, -0.2) is 0 Å². The van der Waals surface area contributed by atoms with Gasteiger partial charge in [0.25, 0.3) is 5.69 Å². The molecule has 3 heterocycles. The number of benzene rings is 1. The standard InChI is InChI=1S/C22H23N5O3S/c1-30-14-6-13-26-21(20(24-22(26)31)18-9-2-3-11-23-18)19-10-5-12-25(19)16-7-4-8-17(15-16)27(28)29/h2-5,7-12,15,20-21H,6,13-14H2,1H3,(H,24,31)/t20-,21-/m0/s1. The molecule has 1 aliphatic rings. The Kier molecular flexibility index (Phi) is 6.24. The molecule has 0 spiro atoms. The molecule has 1 saturated heterocycles. The van der Waals surface area contributed by atoms with Crippen molar-refractivity contribution in [2.45, 2.75) is 18.5 Å². The molecule has 1 N–H and O–H groups in total. The number of ether oxygens (including phenoxy) is 1. The fraction of sp³-hybridized carbons (Fsp3) is 0.273. The highest BCUT2D eigenvalue weighted by molar-refractivity contribution is 7.80. The summed E-state index contributed by atoms with van der Waals surface area (Å²) in [6.45, 7) is 1.35. The highest BCUT2D eigenvalue weighted by Crippen LogP contribution is 2.39. The Morgan fingerprint density at radius 1 is 1.23 bits per heavy atom. The van der Waals surface area contributed by atoms with E-state index in [2.05, 4.69) is 15.2 Å². The molecular weight excluding hydrogens is 414 g/mol. The molecule has 0 bridgehead atoms. The predicted octanol–water partition coefficient (Wildman–Crippen LogP) is 3.79. The number of hydrogen-bond donors (Lipinski definition) is 1. The van der Waals surface area contributed by atoms with Gasteiger partial charge in [-0.05, 0) is 49.0 Å². The van der Waals surface area contributed by atoms with Crippen LogP contribution in [0.2, 0.25) is 0 Å². The Hall–Kier alpha value is -3.30. The molecule has 1 aromatic carbocycles. The number of aromatic nitrogens is 2. The summed E-state index contributed by atoms with van der Waals surface area (Å²) >= 11 is 5.68. The van der Waals surface area contributed by atoms with Crippen molar-refractivity contribution >= 4 is 23.0 Å². The van der Waals surface area contributed by atoms with Crippen LogP contribution in [0.3, 0.4) is 0 Å². The maximum Gasteiger partial charge on any atom is 0.271 e. The number of rotatable bonds is 8. The van der Waals surface area contributed by atoms with Gasteiger partial charge in [-0.15, -0.1) is 0 Å². The van der Waals surface area contributed by atoms with Gasteiger partial charge in [-0.3, -0.25) is 15.1 Å². The van der Waals surface area contributed by atoms with Crippen LogP contribution in [0, 0.1) is 10.1 Å². The van der Waals surface area contributed by atoms with Crippen LogP contribution in [0.4, 0.5) is 5.69 Å². The fourth-order valence-electron chi connectivity index (χ4n) is 3.97. The molecule has 9 heteroatoms. The summed E-state index contributed by atoms with van der Waals surface area (Å²) in [7, 11) is 1.68. The lowest BCUT2D eigenvalue weighted by molar-refractivity contribution is -0.384. The lowest BCUT2D eigenvalue weighted by Crippen LogP contribution is -2.32. The van der Waals surface area contributed by atoms with Gasteiger partial charge in [0.15, 0.2) is 5.11 Å². The zero-order valence-corrected chi connectivity index (χ0v) is 17.9. The predicted molar refractivity (Wildman–Crippen MR) is 121 cm³/mol. The van der Waals surface area contributed by atoms with Crippen LogP contribution in [0.25, 0.3) is 5.69 Å². The summed E-state index contributed by atoms with van der Waals surface area (Å²) in [5.41, 5.74) is 2.64. The van der Waals surface area contributed by atoms with Crippen molar-refractivity contribution in [2.75, 3.05) is 20.3 Å². The maximum absolute atomic E-state index is 11.3. The third-order valence-corrected chi connectivity index (χ3v) is 5.70. The van der Waals surface area contributed by atoms with E-state index in [9.17, 15) is 10.1 Å². The summed E-state index contributed by atoms with van der Waals surface area (Å²) in [6, 6.07) is 16.1. The minimum atomic E-state index is -0.382. The molecule has 0 radical (unpaired) electrons. The smallest absolute Gasteiger partial charge is 0.271 e. The topological polar surface area (TPSA) is 85.5 Å². The van der Waals surface area contributed by atoms with Crippen LogP contribution in [0.1, 0.15) is 29.9 Å². The van der Waals surface area contributed by atoms with Gasteiger partial charge in [0.1, 0.15) is 0 Å². The Bertz CT molecular complexity index is 1070. The van der Waals surface area contributed by atoms with E-state index in [-0.39, 0.29) is 22.7 Å². The summed E-state index contributed by atoms with van der Waals surface area (Å²) < 4.78 is 7.21. The van der Waals surface area contributed by atoms with Gasteiger partial charge in [0.05, 0.1) is 28.4 Å². The van der Waals surface area contributed by atoms with Gasteiger partial charge in [0, 0.05) is 50.5 Å². The molecule has 0 aliphatic carbocycles. The van der Waals surface area contributed by atoms with Crippen molar-refractivity contribution < 1.29 is 9.66 Å². The van der Waals surface area contributed by atoms with Crippen LogP contribution < -0.4 is 5.32 Å². The molecule has 8 nitrogen and oxygen atoms in total. The van der Waals surface area contributed by atoms with E-state index in [0.717, 1.165) is 23.5 Å². The molecule has 0 amide bonds. The average Bonchev–Trinajstić information content (AvgIpc) is 3.39. The summed E-state index contributed by atoms with van der Waals surface area (Å²) in [6.07, 6.45) is 4.50. The molecule has 0 saturated carbocycles. The second kappa shape index (κ2) is 9.23. The number of methoxy groups -OCH3 is 1. The third-order valence-electron chi connectivity index (χ3n) is 5.35. The summed E-state index contributed by atoms with van der Waals surface area (Å²) in [5, 5.41) is 15.4. The van der Waals surface area contributed by atoms with E-state index >= 15 is 0 Å². The zero-order valence-electron chi connectivity index (χ0n) is 17.0. The first-order valence-corrected chi connectivity index (χ1v) is 10.4. The normalized spacial score (nSPS) is 18.2. The number of nitrogens with one attached hydrogen (secondary N) is 1. The van der Waals surface area contributed by atoms with E-state index < -0.39 is 0 Å². The molecule has 1 aliphatic heterocycles. The molecule has 2 aromatic heterocycles. The zero-order chi connectivity index (χ0) is 21.8. The number of nitro groups is 1. The second-order valence-electron chi connectivity index (χ2n) is 7.25. The fourth-order valence-corrected chi connectivity index (χ4v) is 4.31. The Balaban J connectivity index is 1.77. The SMILES string of the molecule is COCCCN1C(=S)N[C@@H](c2ccccn2)[C@@H]1c1cccn1-c1cccc([N+](=O)[O-])c1. The number of hydrogen-bond acceptors (Lipinski definition) is 5. The van der Waals surface area contributed by atoms with Crippen molar-refractivity contribution in [3.8, 4) is 5.69 Å². The largest absolute Gasteiger partial charge is 0.385 e. The molecule has 4 rings (SSSR count). The van der Waals surface area contributed by atoms with Crippen molar-refractivity contribution in [3.05, 3.63) is 88.5 Å². The molecule has 160 valence electrons. The molecular formula is C22H23N5O3S. The van der Waals surface area contributed by atoms with Crippen LogP contribution in [-0.4, -0.2) is 44.7 Å². The van der Waals surface area contributed by atoms with E-state index in [1.165, 1.54) is 6.07 Å². The first-order chi connectivity index (χ1) is 15.1. The Labute approximate surface area is 185 Å². The van der Waals surface area contributed by atoms with E-state index in [4.69, 9.17) is 17.0 Å². The van der Waals surface area contributed by atoms with Gasteiger partial charge < -0.3 is 19.5 Å². The van der Waals surface area contributed by atoms with E-state index in [0.29, 0.717) is 18.3 Å². The van der Waals surface area contributed by atoms with Crippen LogP contribution in [0.5, 0.6) is 0 Å². The molecule has 2 atom stereocenters. The summed E-state index contributed by atoms with van der Waals surface area (Å²) in [5.74, 6) is 0. The van der Waals surface area contributed by atoms with Crippen molar-refractivity contribution in [3.63, 3.8) is 0 Å². The van der Waals surface area contributed by atoms with Crippen LogP contribution >= 0.6 is 12.2 Å².